The van der Waals surface area contributed by atoms with Gasteiger partial charge in [-0.05, 0) is 29.7 Å². The number of carbonyl (C=O) groups excluding carboxylic acids is 1. The van der Waals surface area contributed by atoms with E-state index in [4.69, 9.17) is 14.5 Å². The van der Waals surface area contributed by atoms with Crippen LogP contribution < -0.4 is 10.1 Å². The van der Waals surface area contributed by atoms with E-state index in [0.717, 1.165) is 28.9 Å². The predicted octanol–water partition coefficient (Wildman–Crippen LogP) is 2.38. The Morgan fingerprint density at radius 3 is 3.07 bits per heavy atom. The quantitative estimate of drug-likeness (QED) is 0.703. The third kappa shape index (κ3) is 3.27. The minimum atomic E-state index is -0.416. The van der Waals surface area contributed by atoms with Crippen LogP contribution in [0.15, 0.2) is 36.7 Å². The number of ether oxygens (including phenoxy) is 2. The van der Waals surface area contributed by atoms with Crippen molar-refractivity contribution in [1.29, 1.82) is 0 Å². The Kier molecular flexibility index (Phi) is 4.78. The summed E-state index contributed by atoms with van der Waals surface area (Å²) >= 11 is 0. The van der Waals surface area contributed by atoms with Crippen molar-refractivity contribution in [1.82, 2.24) is 19.5 Å². The molecule has 0 spiro atoms. The molecule has 1 aromatic carbocycles. The van der Waals surface area contributed by atoms with Crippen LogP contribution in [0.3, 0.4) is 0 Å². The number of carbonyl (C=O) groups is 1. The van der Waals surface area contributed by atoms with Crippen molar-refractivity contribution in [2.24, 2.45) is 0 Å². The van der Waals surface area contributed by atoms with E-state index in [9.17, 15) is 4.79 Å². The molecule has 1 saturated heterocycles. The number of hydrogen-bond acceptors (Lipinski definition) is 6. The highest BCUT2D eigenvalue weighted by molar-refractivity contribution is 5.84. The summed E-state index contributed by atoms with van der Waals surface area (Å²) in [5.41, 5.74) is 5.03. The van der Waals surface area contributed by atoms with Crippen LogP contribution >= 0.6 is 0 Å². The molecule has 4 heterocycles. The van der Waals surface area contributed by atoms with Crippen LogP contribution in [0.4, 0.5) is 5.69 Å². The number of nitrogens with one attached hydrogen (secondary N) is 1. The van der Waals surface area contributed by atoms with Crippen LogP contribution in [0.5, 0.6) is 5.88 Å². The second-order valence-electron chi connectivity index (χ2n) is 7.75. The lowest BCUT2D eigenvalue weighted by atomic mass is 10.0. The highest BCUT2D eigenvalue weighted by Gasteiger charge is 2.39. The zero-order valence-electron chi connectivity index (χ0n) is 17.2. The molecule has 2 atom stereocenters. The van der Waals surface area contributed by atoms with Crippen LogP contribution in [-0.4, -0.2) is 64.4 Å². The summed E-state index contributed by atoms with van der Waals surface area (Å²) in [6, 6.07) is 8.20. The molecule has 2 aliphatic heterocycles. The predicted molar refractivity (Wildman–Crippen MR) is 113 cm³/mol. The summed E-state index contributed by atoms with van der Waals surface area (Å²) in [7, 11) is 1.58. The molecule has 2 aliphatic rings. The van der Waals surface area contributed by atoms with Crippen LogP contribution in [-0.2, 0) is 16.0 Å². The first-order chi connectivity index (χ1) is 14.7. The first kappa shape index (κ1) is 18.9. The maximum atomic E-state index is 12.7. The number of aryl methyl sites for hydroxylation is 1. The summed E-state index contributed by atoms with van der Waals surface area (Å²) in [5, 5.41) is 7.94. The van der Waals surface area contributed by atoms with E-state index in [1.165, 1.54) is 5.56 Å². The molecule has 4 bridgehead atoms. The van der Waals surface area contributed by atoms with Gasteiger partial charge in [0.2, 0.25) is 5.88 Å². The van der Waals surface area contributed by atoms with Gasteiger partial charge in [-0.3, -0.25) is 4.79 Å². The number of methoxy groups -OCH3 is 1. The molecule has 5 rings (SSSR count). The molecule has 0 unspecified atom stereocenters. The standard InChI is InChI=1S/C22H25N5O3/c1-3-14-8-15-10-16(9-14)23-5-7-26-17(11-19(29-2)22(26)28)13-30-20-4-6-27-21(25-20)18(15)12-24-27/h4,6,8-10,12,17,19,23H,3,5,7,11,13H2,1-2H3/t17-,19+/m0/s1. The van der Waals surface area contributed by atoms with E-state index >= 15 is 0 Å². The fourth-order valence-corrected chi connectivity index (χ4v) is 4.28. The van der Waals surface area contributed by atoms with Crippen molar-refractivity contribution in [3.05, 3.63) is 42.2 Å². The Morgan fingerprint density at radius 1 is 1.33 bits per heavy atom. The minimum absolute atomic E-state index is 0.0180. The molecular weight excluding hydrogens is 382 g/mol. The van der Waals surface area contributed by atoms with Crippen LogP contribution in [0, 0.1) is 0 Å². The fourth-order valence-electron chi connectivity index (χ4n) is 4.28. The van der Waals surface area contributed by atoms with Gasteiger partial charge in [-0.1, -0.05) is 13.0 Å². The maximum Gasteiger partial charge on any atom is 0.252 e. The van der Waals surface area contributed by atoms with Gasteiger partial charge in [0.1, 0.15) is 12.7 Å². The molecule has 0 radical (unpaired) electrons. The number of nitrogens with zero attached hydrogens (tertiary/aromatic N) is 4. The molecule has 8 nitrogen and oxygen atoms in total. The largest absolute Gasteiger partial charge is 0.475 e. The molecule has 8 heteroatoms. The summed E-state index contributed by atoms with van der Waals surface area (Å²) in [4.78, 5) is 19.3. The molecule has 1 fully saturated rings. The summed E-state index contributed by atoms with van der Waals surface area (Å²) in [6.07, 6.45) is 4.82. The Morgan fingerprint density at radius 2 is 2.23 bits per heavy atom. The van der Waals surface area contributed by atoms with Crippen molar-refractivity contribution < 1.29 is 14.3 Å². The van der Waals surface area contributed by atoms with Gasteiger partial charge in [-0.25, -0.2) is 4.52 Å². The maximum absolute atomic E-state index is 12.7. The number of aromatic nitrogens is 3. The minimum Gasteiger partial charge on any atom is -0.475 e. The molecule has 2 aromatic heterocycles. The van der Waals surface area contributed by atoms with Gasteiger partial charge >= 0.3 is 0 Å². The Labute approximate surface area is 174 Å². The molecular formula is C22H25N5O3. The van der Waals surface area contributed by atoms with E-state index in [1.54, 1.807) is 17.7 Å². The van der Waals surface area contributed by atoms with Crippen molar-refractivity contribution in [3.63, 3.8) is 0 Å². The zero-order valence-corrected chi connectivity index (χ0v) is 17.2. The fraction of sp³-hybridized carbons (Fsp3) is 0.409. The molecule has 0 aliphatic carbocycles. The van der Waals surface area contributed by atoms with Gasteiger partial charge in [0, 0.05) is 50.1 Å². The van der Waals surface area contributed by atoms with Gasteiger partial charge in [-0.15, -0.1) is 0 Å². The number of anilines is 1. The smallest absolute Gasteiger partial charge is 0.252 e. The third-order valence-corrected chi connectivity index (χ3v) is 5.93. The van der Waals surface area contributed by atoms with Gasteiger partial charge in [0.15, 0.2) is 5.65 Å². The van der Waals surface area contributed by atoms with Crippen molar-refractivity contribution in [2.45, 2.75) is 31.9 Å². The average molecular weight is 407 g/mol. The topological polar surface area (TPSA) is 81.0 Å². The van der Waals surface area contributed by atoms with Gasteiger partial charge in [-0.2, -0.15) is 10.1 Å². The van der Waals surface area contributed by atoms with Crippen LogP contribution in [0.1, 0.15) is 18.9 Å². The van der Waals surface area contributed by atoms with Crippen molar-refractivity contribution >= 4 is 17.2 Å². The molecule has 1 N–H and O–H groups in total. The van der Waals surface area contributed by atoms with Gasteiger partial charge in [0.25, 0.3) is 5.91 Å². The normalized spacial score (nSPS) is 21.3. The number of benzene rings is 1. The first-order valence-corrected chi connectivity index (χ1v) is 10.3. The van der Waals surface area contributed by atoms with Crippen LogP contribution in [0.2, 0.25) is 0 Å². The number of fused-ring (bicyclic) bond motifs is 5. The van der Waals surface area contributed by atoms with E-state index in [1.807, 2.05) is 17.3 Å². The molecule has 3 aromatic rings. The van der Waals surface area contributed by atoms with Crippen molar-refractivity contribution in [3.8, 4) is 17.0 Å². The highest BCUT2D eigenvalue weighted by Crippen LogP contribution is 2.30. The van der Waals surface area contributed by atoms with E-state index in [0.29, 0.717) is 32.0 Å². The monoisotopic (exact) mass is 407 g/mol. The van der Waals surface area contributed by atoms with E-state index in [2.05, 4.69) is 35.5 Å². The van der Waals surface area contributed by atoms with E-state index < -0.39 is 6.10 Å². The Bertz CT molecular complexity index is 1100. The van der Waals surface area contributed by atoms with Crippen molar-refractivity contribution in [2.75, 3.05) is 32.1 Å². The Balaban J connectivity index is 1.58. The third-order valence-electron chi connectivity index (χ3n) is 5.93. The average Bonchev–Trinajstić information content (AvgIpc) is 3.32. The molecule has 30 heavy (non-hydrogen) atoms. The lowest BCUT2D eigenvalue weighted by Gasteiger charge is -2.25. The summed E-state index contributed by atoms with van der Waals surface area (Å²) < 4.78 is 13.2. The SMILES string of the molecule is CCc1cc2cc(c1)-c1cnn3ccc(nc13)OC[C@@H]1C[C@@H](OC)C(=O)N1CCN2. The molecule has 156 valence electrons. The second kappa shape index (κ2) is 7.60. The molecule has 1 amide bonds. The van der Waals surface area contributed by atoms with Gasteiger partial charge < -0.3 is 19.7 Å². The number of rotatable bonds is 2. The molecule has 0 saturated carbocycles. The summed E-state index contributed by atoms with van der Waals surface area (Å²) in [5.74, 6) is 0.545. The number of amides is 1. The summed E-state index contributed by atoms with van der Waals surface area (Å²) in [6.45, 7) is 3.76. The lowest BCUT2D eigenvalue weighted by Crippen LogP contribution is -2.41. The highest BCUT2D eigenvalue weighted by atomic mass is 16.5. The zero-order chi connectivity index (χ0) is 20.7. The first-order valence-electron chi connectivity index (χ1n) is 10.3. The lowest BCUT2D eigenvalue weighted by molar-refractivity contribution is -0.136. The number of hydrogen-bond donors (Lipinski definition) is 1. The Hall–Kier alpha value is -3.13. The van der Waals surface area contributed by atoms with E-state index in [-0.39, 0.29) is 11.9 Å². The van der Waals surface area contributed by atoms with Gasteiger partial charge in [0.05, 0.1) is 12.2 Å². The second-order valence-corrected chi connectivity index (χ2v) is 7.75. The van der Waals surface area contributed by atoms with Crippen LogP contribution in [0.25, 0.3) is 16.8 Å².